The normalized spacial score (nSPS) is 25.2. The number of nitrogens with zero attached hydrogens (tertiary/aromatic N) is 2. The molecule has 2 N–H and O–H groups in total. The van der Waals surface area contributed by atoms with Crippen molar-refractivity contribution in [1.82, 2.24) is 19.1 Å². The van der Waals surface area contributed by atoms with Gasteiger partial charge in [0.25, 0.3) is 11.1 Å². The van der Waals surface area contributed by atoms with E-state index in [1.165, 1.54) is 33.7 Å². The molecule has 4 rings (SSSR count). The Morgan fingerprint density at radius 3 is 1.84 bits per heavy atom. The fourth-order valence-corrected chi connectivity index (χ4v) is 9.69. The van der Waals surface area contributed by atoms with Gasteiger partial charge in [0, 0.05) is 36.4 Å². The zero-order valence-corrected chi connectivity index (χ0v) is 37.7. The molecule has 314 valence electrons. The summed E-state index contributed by atoms with van der Waals surface area (Å²) in [7, 11) is -9.38. The molecule has 0 amide bonds. The van der Waals surface area contributed by atoms with Crippen LogP contribution in [0.2, 0.25) is 36.3 Å². The molecule has 0 aromatic carbocycles. The van der Waals surface area contributed by atoms with Gasteiger partial charge in [0.1, 0.15) is 36.9 Å². The van der Waals surface area contributed by atoms with E-state index >= 15 is 0 Å². The fourth-order valence-electron chi connectivity index (χ4n) is 5.82. The van der Waals surface area contributed by atoms with Crippen molar-refractivity contribution in [1.29, 1.82) is 0 Å². The zero-order valence-electron chi connectivity index (χ0n) is 34.8. The van der Waals surface area contributed by atoms with Gasteiger partial charge >= 0.3 is 19.2 Å². The summed E-state index contributed by atoms with van der Waals surface area (Å²) >= 11 is 0. The van der Waals surface area contributed by atoms with Gasteiger partial charge < -0.3 is 18.3 Å². The molecule has 56 heavy (non-hydrogen) atoms. The van der Waals surface area contributed by atoms with Crippen LogP contribution in [0.1, 0.15) is 78.0 Å². The third-order valence-electron chi connectivity index (χ3n) is 11.3. The summed E-state index contributed by atoms with van der Waals surface area (Å²) in [6.45, 7) is 31.6. The largest absolute Gasteiger partial charge is 0.476 e. The molecule has 16 nitrogen and oxygen atoms in total. The first kappa shape index (κ1) is 45.9. The molecule has 19 heteroatoms. The summed E-state index contributed by atoms with van der Waals surface area (Å²) in [5.74, 6) is 0. The number of aromatic amines is 2. The van der Waals surface area contributed by atoms with Crippen LogP contribution in [0.3, 0.4) is 0 Å². The zero-order chi connectivity index (χ0) is 42.2. The lowest BCUT2D eigenvalue weighted by molar-refractivity contribution is -0.0743. The Morgan fingerprint density at radius 1 is 0.857 bits per heavy atom. The predicted molar refractivity (Wildman–Crippen MR) is 218 cm³/mol. The third kappa shape index (κ3) is 10.4. The van der Waals surface area contributed by atoms with Crippen molar-refractivity contribution in [3.63, 3.8) is 0 Å². The van der Waals surface area contributed by atoms with Gasteiger partial charge in [0.2, 0.25) is 0 Å². The minimum absolute atomic E-state index is 0.0219. The van der Waals surface area contributed by atoms with Crippen LogP contribution in [0.4, 0.5) is 0 Å². The average molecular weight is 841 g/mol. The highest BCUT2D eigenvalue weighted by Crippen LogP contribution is 2.56. The second-order valence-corrected chi connectivity index (χ2v) is 28.7. The Hall–Kier alpha value is -2.78. The van der Waals surface area contributed by atoms with Crippen LogP contribution < -0.4 is 22.5 Å². The summed E-state index contributed by atoms with van der Waals surface area (Å²) in [6.07, 6.45) is -0.524. The Morgan fingerprint density at radius 2 is 1.36 bits per heavy atom. The molecular formula is C37H61N4O12PSi2. The highest BCUT2D eigenvalue weighted by atomic mass is 31.2. The van der Waals surface area contributed by atoms with Crippen LogP contribution in [-0.4, -0.2) is 79.5 Å². The highest BCUT2D eigenvalue weighted by molar-refractivity contribution is 7.48. The van der Waals surface area contributed by atoms with E-state index < -0.39 is 89.9 Å². The van der Waals surface area contributed by atoms with Crippen LogP contribution in [-0.2, 0) is 36.5 Å². The average Bonchev–Trinajstić information content (AvgIpc) is 3.67. The van der Waals surface area contributed by atoms with Gasteiger partial charge in [0.05, 0.1) is 19.3 Å². The number of aromatic nitrogens is 4. The second kappa shape index (κ2) is 17.2. The van der Waals surface area contributed by atoms with Crippen LogP contribution in [0.25, 0.3) is 0 Å². The number of H-pyrrole nitrogens is 2. The Bertz CT molecular complexity index is 2030. The molecule has 8 atom stereocenters. The first-order valence-corrected chi connectivity index (χ1v) is 26.1. The molecule has 2 aliphatic rings. The molecular weight excluding hydrogens is 780 g/mol. The monoisotopic (exact) mass is 840 g/mol. The lowest BCUT2D eigenvalue weighted by Crippen LogP contribution is -2.48. The van der Waals surface area contributed by atoms with Crippen molar-refractivity contribution < 1.29 is 36.5 Å². The van der Waals surface area contributed by atoms with E-state index in [0.717, 1.165) is 0 Å². The van der Waals surface area contributed by atoms with Crippen molar-refractivity contribution in [3.05, 3.63) is 90.5 Å². The predicted octanol–water partition coefficient (Wildman–Crippen LogP) is 5.96. The first-order valence-electron chi connectivity index (χ1n) is 18.8. The van der Waals surface area contributed by atoms with Crippen LogP contribution >= 0.6 is 7.82 Å². The maximum absolute atomic E-state index is 14.9. The number of hydrogen-bond donors (Lipinski definition) is 2. The molecule has 2 unspecified atom stereocenters. The first-order chi connectivity index (χ1) is 25.7. The van der Waals surface area contributed by atoms with Gasteiger partial charge in [-0.05, 0) is 50.1 Å². The summed E-state index contributed by atoms with van der Waals surface area (Å²) in [6, 6.07) is 0. The quantitative estimate of drug-likeness (QED) is 0.115. The Balaban J connectivity index is 1.71. The highest BCUT2D eigenvalue weighted by Gasteiger charge is 2.51. The lowest BCUT2D eigenvalue weighted by atomic mass is 10.1. The van der Waals surface area contributed by atoms with Gasteiger partial charge in [0.15, 0.2) is 16.6 Å². The van der Waals surface area contributed by atoms with Crippen LogP contribution in [0.5, 0.6) is 0 Å². The van der Waals surface area contributed by atoms with E-state index in [9.17, 15) is 23.7 Å². The van der Waals surface area contributed by atoms with Gasteiger partial charge in [-0.25, -0.2) is 14.2 Å². The minimum atomic E-state index is -4.57. The van der Waals surface area contributed by atoms with Gasteiger partial charge in [-0.1, -0.05) is 53.7 Å². The number of aryl methyl sites for hydroxylation is 2. The van der Waals surface area contributed by atoms with E-state index in [-0.39, 0.29) is 36.1 Å². The number of ether oxygens (including phenoxy) is 2. The Kier molecular flexibility index (Phi) is 14.1. The molecule has 2 aliphatic heterocycles. The molecule has 2 aromatic heterocycles. The van der Waals surface area contributed by atoms with Crippen molar-refractivity contribution in [2.75, 3.05) is 13.2 Å². The molecule has 0 aliphatic carbocycles. The number of nitrogens with one attached hydrogen (secondary N) is 2. The van der Waals surface area contributed by atoms with Gasteiger partial charge in [-0.15, -0.1) is 13.2 Å². The summed E-state index contributed by atoms with van der Waals surface area (Å²) in [4.78, 5) is 55.0. The molecule has 0 saturated carbocycles. The third-order valence-corrected chi connectivity index (χ3v) is 21.8. The summed E-state index contributed by atoms with van der Waals surface area (Å²) in [5.41, 5.74) is -1.75. The standard InChI is InChI=1S/C37H61N4O12PSi2/c1-15-17-47-54(46,52-26-18-29(40-20-23(3)32(42)38-34(40)44)49-28(26)22-48-55(11,12)36(5,6)7)51-25(16-2)31-27(53-56(13,14)37(8,9)10)19-30(50-31)41-21-24(4)33(43)39-35(41)45/h15-16,20-21,25-31H,1-2,17-19,22H2,3-14H3,(H,38,42,44)(H,39,43,45)/t25?,26-,27-,28+,29+,30+,31+,54?/m0/s1. The van der Waals surface area contributed by atoms with Crippen LogP contribution in [0, 0.1) is 13.8 Å². The van der Waals surface area contributed by atoms with E-state index in [0.29, 0.717) is 11.1 Å². The number of phosphoric ester groups is 1. The van der Waals surface area contributed by atoms with Crippen molar-refractivity contribution in [2.45, 2.75) is 147 Å². The second-order valence-electron chi connectivity index (χ2n) is 17.6. The molecule has 0 spiro atoms. The Labute approximate surface area is 330 Å². The summed E-state index contributed by atoms with van der Waals surface area (Å²) < 4.78 is 62.0. The van der Waals surface area contributed by atoms with E-state index in [4.69, 9.17) is 31.9 Å². The molecule has 4 heterocycles. The van der Waals surface area contributed by atoms with Gasteiger partial charge in [-0.2, -0.15) is 0 Å². The lowest BCUT2D eigenvalue weighted by Gasteiger charge is -2.40. The van der Waals surface area contributed by atoms with Crippen molar-refractivity contribution in [2.24, 2.45) is 0 Å². The van der Waals surface area contributed by atoms with Crippen LogP contribution in [0.15, 0.2) is 56.9 Å². The van der Waals surface area contributed by atoms with Gasteiger partial charge in [-0.3, -0.25) is 42.3 Å². The summed E-state index contributed by atoms with van der Waals surface area (Å²) in [5, 5.41) is -0.345. The SMILES string of the molecule is C=CCOP(=O)(OC(C=C)[C@H]1O[C@@H](n2cc(C)c(=O)[nH]c2=O)C[C@@H]1O[Si](C)(C)C(C)(C)C)O[C@H]1C[C@H](n2cc(C)c(=O)[nH]c2=O)O[C@@H]1CO[Si](C)(C)C(C)(C)C. The molecule has 0 radical (unpaired) electrons. The van der Waals surface area contributed by atoms with Crippen molar-refractivity contribution >= 4 is 24.5 Å². The number of rotatable bonds is 16. The molecule has 0 bridgehead atoms. The fraction of sp³-hybridized carbons (Fsp3) is 0.676. The van der Waals surface area contributed by atoms with E-state index in [1.54, 1.807) is 13.8 Å². The van der Waals surface area contributed by atoms with Crippen molar-refractivity contribution in [3.8, 4) is 0 Å². The number of hydrogen-bond acceptors (Lipinski definition) is 12. The smallest absolute Gasteiger partial charge is 0.414 e. The topological polar surface area (TPSA) is 191 Å². The number of phosphoric acid groups is 1. The van der Waals surface area contributed by atoms with E-state index in [2.05, 4.69) is 90.9 Å². The molecule has 2 saturated heterocycles. The van der Waals surface area contributed by atoms with E-state index in [1.807, 2.05) is 0 Å². The molecule has 2 aromatic rings. The minimum Gasteiger partial charge on any atom is -0.414 e. The maximum Gasteiger partial charge on any atom is 0.476 e. The molecule has 2 fully saturated rings. The maximum atomic E-state index is 14.9.